The Morgan fingerprint density at radius 1 is 1.53 bits per heavy atom. The number of imide groups is 1. The van der Waals surface area contributed by atoms with E-state index in [4.69, 9.17) is 0 Å². The van der Waals surface area contributed by atoms with E-state index in [1.165, 1.54) is 6.42 Å². The molecule has 2 atom stereocenters. The number of carbonyl (C=O) groups excluding carboxylic acids is 2. The van der Waals surface area contributed by atoms with Crippen LogP contribution in [0.15, 0.2) is 0 Å². The minimum atomic E-state index is -0.537. The number of thioether (sulfide) groups is 1. The number of urea groups is 1. The van der Waals surface area contributed by atoms with Gasteiger partial charge >= 0.3 is 6.03 Å². The standard InChI is InChI=1S/C12H20N2O2S/c1-9-4-3-5-12(8-9)10(15)13-11(16)14(12)6-7-17-2/h9H,3-8H2,1-2H3,(H,13,15,16). The Bertz CT molecular complexity index is 334. The zero-order valence-electron chi connectivity index (χ0n) is 10.5. The number of nitrogens with zero attached hydrogens (tertiary/aromatic N) is 1. The fourth-order valence-corrected chi connectivity index (χ4v) is 3.44. The predicted octanol–water partition coefficient (Wildman–Crippen LogP) is 1.85. The summed E-state index contributed by atoms with van der Waals surface area (Å²) in [5.41, 5.74) is -0.537. The van der Waals surface area contributed by atoms with Crippen molar-refractivity contribution in [3.8, 4) is 0 Å². The second kappa shape index (κ2) is 4.88. The molecule has 0 aromatic rings. The van der Waals surface area contributed by atoms with Crippen LogP contribution >= 0.6 is 11.8 Å². The summed E-state index contributed by atoms with van der Waals surface area (Å²) >= 11 is 1.71. The fraction of sp³-hybridized carbons (Fsp3) is 0.833. The van der Waals surface area contributed by atoms with Crippen LogP contribution in [0.2, 0.25) is 0 Å². The van der Waals surface area contributed by atoms with E-state index in [2.05, 4.69) is 12.2 Å². The van der Waals surface area contributed by atoms with Crippen LogP contribution in [0.1, 0.15) is 32.6 Å². The lowest BCUT2D eigenvalue weighted by Crippen LogP contribution is -2.53. The third-order valence-corrected chi connectivity index (χ3v) is 4.49. The third kappa shape index (κ3) is 2.17. The van der Waals surface area contributed by atoms with Gasteiger partial charge in [0.25, 0.3) is 5.91 Å². The van der Waals surface area contributed by atoms with Crippen LogP contribution in [0.3, 0.4) is 0 Å². The normalized spacial score (nSPS) is 33.3. The van der Waals surface area contributed by atoms with E-state index in [9.17, 15) is 9.59 Å². The van der Waals surface area contributed by atoms with Crippen LogP contribution in [0, 0.1) is 5.92 Å². The molecule has 0 aromatic carbocycles. The van der Waals surface area contributed by atoms with Gasteiger partial charge < -0.3 is 4.90 Å². The van der Waals surface area contributed by atoms with Crippen LogP contribution < -0.4 is 5.32 Å². The average molecular weight is 256 g/mol. The summed E-state index contributed by atoms with van der Waals surface area (Å²) in [5, 5.41) is 2.50. The predicted molar refractivity (Wildman–Crippen MR) is 69.0 cm³/mol. The first kappa shape index (κ1) is 12.7. The molecule has 0 aromatic heterocycles. The van der Waals surface area contributed by atoms with Gasteiger partial charge in [-0.3, -0.25) is 10.1 Å². The lowest BCUT2D eigenvalue weighted by molar-refractivity contribution is -0.128. The lowest BCUT2D eigenvalue weighted by Gasteiger charge is -2.40. The molecular weight excluding hydrogens is 236 g/mol. The maximum absolute atomic E-state index is 12.1. The van der Waals surface area contributed by atoms with Crippen molar-refractivity contribution in [1.82, 2.24) is 10.2 Å². The van der Waals surface area contributed by atoms with Crippen molar-refractivity contribution in [2.75, 3.05) is 18.6 Å². The van der Waals surface area contributed by atoms with Crippen molar-refractivity contribution in [3.63, 3.8) is 0 Å². The molecule has 1 heterocycles. The van der Waals surface area contributed by atoms with Gasteiger partial charge in [0.05, 0.1) is 0 Å². The molecule has 2 aliphatic rings. The van der Waals surface area contributed by atoms with Gasteiger partial charge in [0.1, 0.15) is 5.54 Å². The maximum atomic E-state index is 12.1. The number of hydrogen-bond donors (Lipinski definition) is 1. The Labute approximate surface area is 106 Å². The van der Waals surface area contributed by atoms with E-state index in [0.29, 0.717) is 12.5 Å². The molecule has 1 spiro atoms. The van der Waals surface area contributed by atoms with Crippen molar-refractivity contribution in [3.05, 3.63) is 0 Å². The summed E-state index contributed by atoms with van der Waals surface area (Å²) < 4.78 is 0. The summed E-state index contributed by atoms with van der Waals surface area (Å²) in [5.74, 6) is 1.34. The molecule has 1 saturated heterocycles. The van der Waals surface area contributed by atoms with Crippen molar-refractivity contribution in [1.29, 1.82) is 0 Å². The van der Waals surface area contributed by atoms with E-state index in [-0.39, 0.29) is 11.9 Å². The molecular formula is C12H20N2O2S. The largest absolute Gasteiger partial charge is 0.325 e. The molecule has 1 aliphatic carbocycles. The molecule has 0 bridgehead atoms. The lowest BCUT2D eigenvalue weighted by atomic mass is 9.75. The van der Waals surface area contributed by atoms with Crippen LogP contribution in [0.25, 0.3) is 0 Å². The minimum absolute atomic E-state index is 0.0739. The molecule has 96 valence electrons. The topological polar surface area (TPSA) is 49.4 Å². The van der Waals surface area contributed by atoms with Crippen molar-refractivity contribution in [2.45, 2.75) is 38.1 Å². The highest BCUT2D eigenvalue weighted by molar-refractivity contribution is 7.98. The highest BCUT2D eigenvalue weighted by atomic mass is 32.2. The molecule has 4 nitrogen and oxygen atoms in total. The van der Waals surface area contributed by atoms with Crippen LogP contribution in [-0.2, 0) is 4.79 Å². The van der Waals surface area contributed by atoms with E-state index in [0.717, 1.165) is 25.0 Å². The minimum Gasteiger partial charge on any atom is -0.309 e. The summed E-state index contributed by atoms with van der Waals surface area (Å²) in [4.78, 5) is 25.7. The van der Waals surface area contributed by atoms with E-state index in [1.807, 2.05) is 6.26 Å². The second-order valence-corrected chi connectivity index (χ2v) is 6.12. The van der Waals surface area contributed by atoms with Crippen LogP contribution in [0.5, 0.6) is 0 Å². The van der Waals surface area contributed by atoms with Gasteiger partial charge in [0.2, 0.25) is 0 Å². The monoisotopic (exact) mass is 256 g/mol. The van der Waals surface area contributed by atoms with Crippen molar-refractivity contribution in [2.24, 2.45) is 5.92 Å². The SMILES string of the molecule is CSCCN1C(=O)NC(=O)C12CCCC(C)C2. The van der Waals surface area contributed by atoms with Gasteiger partial charge in [-0.05, 0) is 25.0 Å². The highest BCUT2D eigenvalue weighted by Gasteiger charge is 2.53. The Hall–Kier alpha value is -0.710. The van der Waals surface area contributed by atoms with Gasteiger partial charge in [0.15, 0.2) is 0 Å². The first-order chi connectivity index (χ1) is 8.10. The average Bonchev–Trinajstić information content (AvgIpc) is 2.49. The molecule has 17 heavy (non-hydrogen) atoms. The fourth-order valence-electron chi connectivity index (χ4n) is 3.07. The summed E-state index contributed by atoms with van der Waals surface area (Å²) in [6.45, 7) is 2.84. The van der Waals surface area contributed by atoms with Gasteiger partial charge in [-0.2, -0.15) is 11.8 Å². The number of amides is 3. The molecule has 1 saturated carbocycles. The first-order valence-corrected chi connectivity index (χ1v) is 7.61. The van der Waals surface area contributed by atoms with Gasteiger partial charge in [0, 0.05) is 12.3 Å². The second-order valence-electron chi connectivity index (χ2n) is 5.14. The van der Waals surface area contributed by atoms with Gasteiger partial charge in [-0.25, -0.2) is 4.79 Å². The number of nitrogens with one attached hydrogen (secondary N) is 1. The molecule has 2 fully saturated rings. The van der Waals surface area contributed by atoms with Crippen LogP contribution in [0.4, 0.5) is 4.79 Å². The Morgan fingerprint density at radius 2 is 2.29 bits per heavy atom. The summed E-state index contributed by atoms with van der Waals surface area (Å²) in [7, 11) is 0. The number of rotatable bonds is 3. The highest BCUT2D eigenvalue weighted by Crippen LogP contribution is 2.39. The summed E-state index contributed by atoms with van der Waals surface area (Å²) in [6.07, 6.45) is 5.87. The van der Waals surface area contributed by atoms with Crippen molar-refractivity contribution >= 4 is 23.7 Å². The maximum Gasteiger partial charge on any atom is 0.325 e. The van der Waals surface area contributed by atoms with Gasteiger partial charge in [-0.1, -0.05) is 19.8 Å². The Kier molecular flexibility index (Phi) is 3.66. The number of hydrogen-bond acceptors (Lipinski definition) is 3. The molecule has 1 aliphatic heterocycles. The molecule has 5 heteroatoms. The molecule has 2 unspecified atom stereocenters. The zero-order chi connectivity index (χ0) is 12.5. The Morgan fingerprint density at radius 3 is 2.94 bits per heavy atom. The quantitative estimate of drug-likeness (QED) is 0.784. The van der Waals surface area contributed by atoms with E-state index < -0.39 is 5.54 Å². The zero-order valence-corrected chi connectivity index (χ0v) is 11.3. The first-order valence-electron chi connectivity index (χ1n) is 6.22. The molecule has 1 N–H and O–H groups in total. The molecule has 0 radical (unpaired) electrons. The molecule has 2 rings (SSSR count). The number of carbonyl (C=O) groups is 2. The van der Waals surface area contributed by atoms with Crippen LogP contribution in [-0.4, -0.2) is 40.9 Å². The smallest absolute Gasteiger partial charge is 0.309 e. The van der Waals surface area contributed by atoms with Gasteiger partial charge in [-0.15, -0.1) is 0 Å². The Balaban J connectivity index is 2.20. The summed E-state index contributed by atoms with van der Waals surface area (Å²) in [6, 6.07) is -0.196. The third-order valence-electron chi connectivity index (χ3n) is 3.90. The van der Waals surface area contributed by atoms with E-state index >= 15 is 0 Å². The van der Waals surface area contributed by atoms with E-state index in [1.54, 1.807) is 16.7 Å². The van der Waals surface area contributed by atoms with Crippen molar-refractivity contribution < 1.29 is 9.59 Å². The molecule has 3 amide bonds.